The highest BCUT2D eigenvalue weighted by Crippen LogP contribution is 2.13. The van der Waals surface area contributed by atoms with Gasteiger partial charge >= 0.3 is 0 Å². The van der Waals surface area contributed by atoms with Crippen molar-refractivity contribution in [3.8, 4) is 5.88 Å². The summed E-state index contributed by atoms with van der Waals surface area (Å²) in [6, 6.07) is 3.55. The van der Waals surface area contributed by atoms with Crippen molar-refractivity contribution < 1.29 is 4.74 Å². The van der Waals surface area contributed by atoms with E-state index in [-0.39, 0.29) is 6.04 Å². The second-order valence-electron chi connectivity index (χ2n) is 2.62. The van der Waals surface area contributed by atoms with Gasteiger partial charge < -0.3 is 10.5 Å². The topological polar surface area (TPSA) is 48.1 Å². The molecule has 0 bridgehead atoms. The Morgan fingerprint density at radius 1 is 1.69 bits per heavy atom. The normalized spacial score (nSPS) is 12.2. The average Bonchev–Trinajstić information content (AvgIpc) is 2.18. The van der Waals surface area contributed by atoms with Crippen molar-refractivity contribution in [1.29, 1.82) is 0 Å². The molecule has 0 aliphatic rings. The van der Waals surface area contributed by atoms with E-state index in [9.17, 15) is 0 Å². The van der Waals surface area contributed by atoms with Gasteiger partial charge in [-0.15, -0.1) is 6.58 Å². The van der Waals surface area contributed by atoms with E-state index in [0.717, 1.165) is 5.56 Å². The molecule has 1 rings (SSSR count). The maximum Gasteiger partial charge on any atom is 0.213 e. The van der Waals surface area contributed by atoms with E-state index in [0.29, 0.717) is 12.5 Å². The summed E-state index contributed by atoms with van der Waals surface area (Å²) in [6.07, 6.45) is 3.38. The molecule has 0 fully saturated rings. The number of nitrogens with zero attached hydrogens (tertiary/aromatic N) is 1. The highest BCUT2D eigenvalue weighted by Gasteiger charge is 2.01. The number of rotatable bonds is 4. The lowest BCUT2D eigenvalue weighted by atomic mass is 10.1. The molecule has 1 heterocycles. The van der Waals surface area contributed by atoms with Crippen LogP contribution in [-0.4, -0.2) is 11.6 Å². The van der Waals surface area contributed by atoms with Gasteiger partial charge in [-0.25, -0.2) is 4.98 Å². The molecule has 0 spiro atoms. The number of hydrogen-bond donors (Lipinski definition) is 1. The predicted octanol–water partition coefficient (Wildman–Crippen LogP) is 1.67. The molecule has 3 nitrogen and oxygen atoms in total. The number of ether oxygens (including phenoxy) is 1. The van der Waals surface area contributed by atoms with Crippen molar-refractivity contribution >= 4 is 0 Å². The van der Waals surface area contributed by atoms with Crippen LogP contribution in [0.3, 0.4) is 0 Å². The van der Waals surface area contributed by atoms with E-state index >= 15 is 0 Å². The average molecular weight is 178 g/mol. The lowest BCUT2D eigenvalue weighted by Crippen LogP contribution is -2.06. The first-order valence-corrected chi connectivity index (χ1v) is 4.24. The number of hydrogen-bond acceptors (Lipinski definition) is 3. The minimum atomic E-state index is -0.150. The van der Waals surface area contributed by atoms with Crippen LogP contribution in [0.4, 0.5) is 0 Å². The first-order valence-electron chi connectivity index (χ1n) is 4.24. The Hall–Kier alpha value is -1.35. The lowest BCUT2D eigenvalue weighted by molar-refractivity contribution is 0.326. The smallest absolute Gasteiger partial charge is 0.213 e. The summed E-state index contributed by atoms with van der Waals surface area (Å²) in [5, 5.41) is 0. The summed E-state index contributed by atoms with van der Waals surface area (Å²) >= 11 is 0. The molecule has 1 unspecified atom stereocenters. The third-order valence-electron chi connectivity index (χ3n) is 1.69. The van der Waals surface area contributed by atoms with Crippen molar-refractivity contribution in [2.75, 3.05) is 6.61 Å². The second kappa shape index (κ2) is 4.62. The van der Waals surface area contributed by atoms with Gasteiger partial charge in [-0.05, 0) is 12.5 Å². The Bertz CT molecular complexity index is 269. The van der Waals surface area contributed by atoms with Crippen LogP contribution in [0.15, 0.2) is 31.0 Å². The SMILES string of the molecule is C=CC(N)c1ccc(OCC)nc1. The fourth-order valence-corrected chi connectivity index (χ4v) is 0.958. The summed E-state index contributed by atoms with van der Waals surface area (Å²) in [4.78, 5) is 4.09. The summed E-state index contributed by atoms with van der Waals surface area (Å²) in [5.74, 6) is 0.627. The van der Waals surface area contributed by atoms with Crippen molar-refractivity contribution in [2.24, 2.45) is 5.73 Å². The standard InChI is InChI=1S/C10H14N2O/c1-3-9(11)8-5-6-10(12-7-8)13-4-2/h3,5-7,9H,1,4,11H2,2H3. The first-order chi connectivity index (χ1) is 6.27. The van der Waals surface area contributed by atoms with Gasteiger partial charge in [-0.3, -0.25) is 0 Å². The van der Waals surface area contributed by atoms with Crippen molar-refractivity contribution in [3.05, 3.63) is 36.5 Å². The minimum absolute atomic E-state index is 0.150. The molecular formula is C10H14N2O. The molecular weight excluding hydrogens is 164 g/mol. The van der Waals surface area contributed by atoms with Crippen molar-refractivity contribution in [1.82, 2.24) is 4.98 Å². The zero-order valence-corrected chi connectivity index (χ0v) is 7.73. The summed E-state index contributed by atoms with van der Waals surface area (Å²) in [6.45, 7) is 6.16. The summed E-state index contributed by atoms with van der Waals surface area (Å²) < 4.78 is 5.20. The quantitative estimate of drug-likeness (QED) is 0.713. The van der Waals surface area contributed by atoms with E-state index in [4.69, 9.17) is 10.5 Å². The Balaban J connectivity index is 2.74. The van der Waals surface area contributed by atoms with E-state index in [1.54, 1.807) is 12.3 Å². The Labute approximate surface area is 78.2 Å². The van der Waals surface area contributed by atoms with Crippen LogP contribution in [0, 0.1) is 0 Å². The minimum Gasteiger partial charge on any atom is -0.478 e. The van der Waals surface area contributed by atoms with E-state index in [2.05, 4.69) is 11.6 Å². The molecule has 0 amide bonds. The molecule has 0 saturated carbocycles. The summed E-state index contributed by atoms with van der Waals surface area (Å²) in [7, 11) is 0. The van der Waals surface area contributed by atoms with Gasteiger partial charge in [0, 0.05) is 18.3 Å². The number of pyridine rings is 1. The monoisotopic (exact) mass is 178 g/mol. The lowest BCUT2D eigenvalue weighted by Gasteiger charge is -2.06. The Morgan fingerprint density at radius 2 is 2.46 bits per heavy atom. The van der Waals surface area contributed by atoms with Gasteiger partial charge in [-0.2, -0.15) is 0 Å². The fourth-order valence-electron chi connectivity index (χ4n) is 0.958. The van der Waals surface area contributed by atoms with Crippen LogP contribution in [-0.2, 0) is 0 Å². The Morgan fingerprint density at radius 3 is 2.92 bits per heavy atom. The Kier molecular flexibility index (Phi) is 3.46. The van der Waals surface area contributed by atoms with E-state index in [1.807, 2.05) is 19.1 Å². The maximum atomic E-state index is 5.72. The van der Waals surface area contributed by atoms with Gasteiger partial charge in [0.2, 0.25) is 5.88 Å². The fraction of sp³-hybridized carbons (Fsp3) is 0.300. The predicted molar refractivity (Wildman–Crippen MR) is 52.5 cm³/mol. The second-order valence-corrected chi connectivity index (χ2v) is 2.62. The molecule has 3 heteroatoms. The van der Waals surface area contributed by atoms with Gasteiger partial charge in [-0.1, -0.05) is 12.1 Å². The molecule has 1 aromatic rings. The number of aromatic nitrogens is 1. The van der Waals surface area contributed by atoms with Crippen LogP contribution in [0.1, 0.15) is 18.5 Å². The zero-order valence-electron chi connectivity index (χ0n) is 7.73. The van der Waals surface area contributed by atoms with Crippen LogP contribution in [0.2, 0.25) is 0 Å². The van der Waals surface area contributed by atoms with E-state index < -0.39 is 0 Å². The van der Waals surface area contributed by atoms with Gasteiger partial charge in [0.05, 0.1) is 6.61 Å². The van der Waals surface area contributed by atoms with Crippen molar-refractivity contribution in [2.45, 2.75) is 13.0 Å². The molecule has 0 saturated heterocycles. The first kappa shape index (κ1) is 9.74. The van der Waals surface area contributed by atoms with E-state index in [1.165, 1.54) is 0 Å². The molecule has 0 aromatic carbocycles. The largest absolute Gasteiger partial charge is 0.478 e. The molecule has 2 N–H and O–H groups in total. The van der Waals surface area contributed by atoms with Gasteiger partial charge in [0.25, 0.3) is 0 Å². The number of nitrogens with two attached hydrogens (primary N) is 1. The third kappa shape index (κ3) is 2.56. The van der Waals surface area contributed by atoms with Crippen LogP contribution >= 0.6 is 0 Å². The highest BCUT2D eigenvalue weighted by molar-refractivity contribution is 5.22. The van der Waals surface area contributed by atoms with Crippen LogP contribution in [0.5, 0.6) is 5.88 Å². The molecule has 1 aromatic heterocycles. The molecule has 1 atom stereocenters. The van der Waals surface area contributed by atoms with Crippen LogP contribution in [0.25, 0.3) is 0 Å². The highest BCUT2D eigenvalue weighted by atomic mass is 16.5. The third-order valence-corrected chi connectivity index (χ3v) is 1.69. The molecule has 0 radical (unpaired) electrons. The molecule has 0 aliphatic heterocycles. The molecule has 13 heavy (non-hydrogen) atoms. The van der Waals surface area contributed by atoms with Gasteiger partial charge in [0.1, 0.15) is 0 Å². The maximum absolute atomic E-state index is 5.72. The van der Waals surface area contributed by atoms with Crippen molar-refractivity contribution in [3.63, 3.8) is 0 Å². The van der Waals surface area contributed by atoms with Crippen LogP contribution < -0.4 is 10.5 Å². The summed E-state index contributed by atoms with van der Waals surface area (Å²) in [5.41, 5.74) is 6.66. The molecule has 70 valence electrons. The zero-order chi connectivity index (χ0) is 9.68. The molecule has 0 aliphatic carbocycles. The van der Waals surface area contributed by atoms with Gasteiger partial charge in [0.15, 0.2) is 0 Å².